The van der Waals surface area contributed by atoms with Gasteiger partial charge in [-0.3, -0.25) is 9.59 Å². The Morgan fingerprint density at radius 2 is 1.62 bits per heavy atom. The fourth-order valence-corrected chi connectivity index (χ4v) is 3.80. The second-order valence-electron chi connectivity index (χ2n) is 7.81. The van der Waals surface area contributed by atoms with Crippen LogP contribution in [0.5, 0.6) is 0 Å². The molecule has 2 heterocycles. The minimum Gasteiger partial charge on any atom is -0.478 e. The van der Waals surface area contributed by atoms with Gasteiger partial charge in [-0.1, -0.05) is 50.2 Å². The Labute approximate surface area is 185 Å². The highest BCUT2D eigenvalue weighted by Gasteiger charge is 2.25. The fraction of sp³-hybridized carbons (Fsp3) is 0.115. The molecule has 4 aromatic rings. The second kappa shape index (κ2) is 8.51. The maximum Gasteiger partial charge on any atom is 0.335 e. The molecule has 0 atom stereocenters. The molecule has 2 N–H and O–H groups in total. The van der Waals surface area contributed by atoms with E-state index in [1.165, 1.54) is 12.1 Å². The van der Waals surface area contributed by atoms with Crippen molar-refractivity contribution in [3.63, 3.8) is 0 Å². The molecular formula is C26H22N2O4. The van der Waals surface area contributed by atoms with Crippen LogP contribution in [0.25, 0.3) is 16.6 Å². The van der Waals surface area contributed by atoms with Crippen LogP contribution in [0, 0.1) is 0 Å². The number of carbonyl (C=O) groups is 3. The van der Waals surface area contributed by atoms with Crippen LogP contribution in [0.2, 0.25) is 0 Å². The molecule has 0 aliphatic carbocycles. The molecule has 6 heteroatoms. The summed E-state index contributed by atoms with van der Waals surface area (Å²) in [6.45, 7) is 3.74. The van der Waals surface area contributed by atoms with Gasteiger partial charge >= 0.3 is 5.97 Å². The summed E-state index contributed by atoms with van der Waals surface area (Å²) >= 11 is 0. The number of hydrogen-bond acceptors (Lipinski definition) is 3. The molecule has 0 spiro atoms. The molecule has 160 valence electrons. The summed E-state index contributed by atoms with van der Waals surface area (Å²) in [5.74, 6) is -2.56. The molecule has 0 radical (unpaired) electrons. The molecule has 0 fully saturated rings. The molecule has 1 amide bonds. The Hall–Kier alpha value is -4.19. The highest BCUT2D eigenvalue weighted by molar-refractivity contribution is 6.47. The lowest BCUT2D eigenvalue weighted by atomic mass is 9.96. The molecule has 0 saturated carbocycles. The van der Waals surface area contributed by atoms with Crippen LogP contribution in [0.3, 0.4) is 0 Å². The van der Waals surface area contributed by atoms with Gasteiger partial charge in [0, 0.05) is 23.0 Å². The highest BCUT2D eigenvalue weighted by Crippen LogP contribution is 2.29. The fourth-order valence-electron chi connectivity index (χ4n) is 3.80. The Kier molecular flexibility index (Phi) is 5.60. The van der Waals surface area contributed by atoms with Crippen LogP contribution in [0.1, 0.15) is 46.2 Å². The van der Waals surface area contributed by atoms with Gasteiger partial charge in [0.05, 0.1) is 5.56 Å². The first-order chi connectivity index (χ1) is 15.4. The van der Waals surface area contributed by atoms with E-state index < -0.39 is 17.7 Å². The Morgan fingerprint density at radius 3 is 2.31 bits per heavy atom. The van der Waals surface area contributed by atoms with E-state index in [0.717, 1.165) is 11.1 Å². The van der Waals surface area contributed by atoms with Crippen LogP contribution in [0.4, 0.5) is 5.69 Å². The number of nitrogens with zero attached hydrogens (tertiary/aromatic N) is 1. The normalized spacial score (nSPS) is 11.0. The van der Waals surface area contributed by atoms with Crippen LogP contribution in [0.15, 0.2) is 79.0 Å². The molecule has 4 rings (SSSR count). The van der Waals surface area contributed by atoms with E-state index in [4.69, 9.17) is 0 Å². The van der Waals surface area contributed by atoms with Gasteiger partial charge in [0.15, 0.2) is 0 Å². The Morgan fingerprint density at radius 1 is 0.906 bits per heavy atom. The molecule has 2 aromatic carbocycles. The molecule has 0 bridgehead atoms. The van der Waals surface area contributed by atoms with E-state index in [-0.39, 0.29) is 17.2 Å². The number of aromatic nitrogens is 1. The first-order valence-corrected chi connectivity index (χ1v) is 10.2. The molecule has 6 nitrogen and oxygen atoms in total. The predicted molar refractivity (Wildman–Crippen MR) is 123 cm³/mol. The SMILES string of the molecule is CC(C)c1cc(NC(=O)C(=O)c2c(-c3ccccc3)cc3ccccn23)ccc1C(=O)O. The molecule has 0 aliphatic rings. The van der Waals surface area contributed by atoms with Gasteiger partial charge in [0.1, 0.15) is 5.69 Å². The quantitative estimate of drug-likeness (QED) is 0.326. The average molecular weight is 426 g/mol. The number of ketones is 1. The van der Waals surface area contributed by atoms with Gasteiger partial charge in [-0.2, -0.15) is 0 Å². The lowest BCUT2D eigenvalue weighted by molar-refractivity contribution is -0.112. The first kappa shape index (κ1) is 21.1. The van der Waals surface area contributed by atoms with Gasteiger partial charge in [-0.15, -0.1) is 0 Å². The van der Waals surface area contributed by atoms with Crippen molar-refractivity contribution in [1.29, 1.82) is 0 Å². The van der Waals surface area contributed by atoms with Gasteiger partial charge in [-0.25, -0.2) is 4.79 Å². The molecule has 0 unspecified atom stereocenters. The van der Waals surface area contributed by atoms with Crippen LogP contribution >= 0.6 is 0 Å². The standard InChI is InChI=1S/C26H22N2O4/c1-16(2)21-14-18(11-12-20(21)26(31)32)27-25(30)24(29)23-22(17-8-4-3-5-9-17)15-19-10-6-7-13-28(19)23/h3-16H,1-2H3,(H,27,30)(H,31,32). The number of nitrogens with one attached hydrogen (secondary N) is 1. The number of carboxylic acid groups (broad SMARTS) is 1. The zero-order valence-corrected chi connectivity index (χ0v) is 17.7. The number of hydrogen-bond donors (Lipinski definition) is 2. The van der Waals surface area contributed by atoms with Crippen molar-refractivity contribution in [1.82, 2.24) is 4.40 Å². The summed E-state index contributed by atoms with van der Waals surface area (Å²) in [6.07, 6.45) is 1.75. The van der Waals surface area contributed by atoms with Gasteiger partial charge in [0.2, 0.25) is 0 Å². The van der Waals surface area contributed by atoms with Gasteiger partial charge in [-0.05, 0) is 53.4 Å². The van der Waals surface area contributed by atoms with Crippen molar-refractivity contribution in [2.45, 2.75) is 19.8 Å². The Bertz CT molecular complexity index is 1340. The van der Waals surface area contributed by atoms with E-state index in [0.29, 0.717) is 16.8 Å². The first-order valence-electron chi connectivity index (χ1n) is 10.2. The average Bonchev–Trinajstić information content (AvgIpc) is 3.18. The minimum absolute atomic E-state index is 0.0621. The van der Waals surface area contributed by atoms with E-state index in [9.17, 15) is 19.5 Å². The van der Waals surface area contributed by atoms with E-state index in [1.807, 2.05) is 62.4 Å². The summed E-state index contributed by atoms with van der Waals surface area (Å²) < 4.78 is 1.71. The van der Waals surface area contributed by atoms with E-state index in [1.54, 1.807) is 22.7 Å². The molecule has 32 heavy (non-hydrogen) atoms. The third kappa shape index (κ3) is 3.90. The van der Waals surface area contributed by atoms with Crippen molar-refractivity contribution in [3.8, 4) is 11.1 Å². The number of amides is 1. The molecular weight excluding hydrogens is 404 g/mol. The lowest BCUT2D eigenvalue weighted by Gasteiger charge is -2.13. The summed E-state index contributed by atoms with van der Waals surface area (Å²) in [4.78, 5) is 37.7. The summed E-state index contributed by atoms with van der Waals surface area (Å²) in [5.41, 5.74) is 3.71. The largest absolute Gasteiger partial charge is 0.478 e. The van der Waals surface area contributed by atoms with Crippen molar-refractivity contribution in [3.05, 3.63) is 95.8 Å². The number of fused-ring (bicyclic) bond motifs is 1. The third-order valence-corrected chi connectivity index (χ3v) is 5.35. The third-order valence-electron chi connectivity index (χ3n) is 5.35. The predicted octanol–water partition coefficient (Wildman–Crippen LogP) is 5.25. The number of benzene rings is 2. The zero-order valence-electron chi connectivity index (χ0n) is 17.7. The van der Waals surface area contributed by atoms with Crippen molar-refractivity contribution in [2.75, 3.05) is 5.32 Å². The van der Waals surface area contributed by atoms with E-state index >= 15 is 0 Å². The van der Waals surface area contributed by atoms with Crippen LogP contribution < -0.4 is 5.32 Å². The summed E-state index contributed by atoms with van der Waals surface area (Å²) in [5, 5.41) is 12.0. The lowest BCUT2D eigenvalue weighted by Crippen LogP contribution is -2.25. The highest BCUT2D eigenvalue weighted by atomic mass is 16.4. The minimum atomic E-state index is -1.03. The number of rotatable bonds is 6. The van der Waals surface area contributed by atoms with Crippen molar-refractivity contribution < 1.29 is 19.5 Å². The van der Waals surface area contributed by atoms with Gasteiger partial charge < -0.3 is 14.8 Å². The van der Waals surface area contributed by atoms with E-state index in [2.05, 4.69) is 5.32 Å². The summed E-state index contributed by atoms with van der Waals surface area (Å²) in [6, 6.07) is 21.4. The number of anilines is 1. The topological polar surface area (TPSA) is 87.9 Å². The molecule has 0 saturated heterocycles. The van der Waals surface area contributed by atoms with Gasteiger partial charge in [0.25, 0.3) is 11.7 Å². The van der Waals surface area contributed by atoms with Crippen molar-refractivity contribution >= 4 is 28.9 Å². The molecule has 2 aromatic heterocycles. The van der Waals surface area contributed by atoms with Crippen LogP contribution in [-0.2, 0) is 4.79 Å². The number of carboxylic acids is 1. The molecule has 0 aliphatic heterocycles. The Balaban J connectivity index is 1.72. The zero-order chi connectivity index (χ0) is 22.8. The number of Topliss-reactive ketones (excluding diaryl/α,β-unsaturated/α-hetero) is 1. The monoisotopic (exact) mass is 426 g/mol. The number of aromatic carboxylic acids is 1. The van der Waals surface area contributed by atoms with Crippen LogP contribution in [-0.4, -0.2) is 27.2 Å². The number of pyridine rings is 1. The number of carbonyl (C=O) groups excluding carboxylic acids is 2. The maximum atomic E-state index is 13.3. The summed E-state index contributed by atoms with van der Waals surface area (Å²) in [7, 11) is 0. The second-order valence-corrected chi connectivity index (χ2v) is 7.81. The smallest absolute Gasteiger partial charge is 0.335 e. The maximum absolute atomic E-state index is 13.3. The van der Waals surface area contributed by atoms with Crippen molar-refractivity contribution in [2.24, 2.45) is 0 Å².